The molecule has 12 heavy (non-hydrogen) atoms. The molecule has 2 heteroatoms. The zero-order chi connectivity index (χ0) is 8.55. The van der Waals surface area contributed by atoms with Crippen LogP contribution < -0.4 is 0 Å². The minimum absolute atomic E-state index is 0.856. The van der Waals surface area contributed by atoms with E-state index in [-0.39, 0.29) is 0 Å². The molecule has 0 aliphatic carbocycles. The molecular weight excluding hydrogens is 168 g/mol. The molecule has 0 aliphatic rings. The largest absolute Gasteiger partial charge is 0.461 e. The molecule has 0 radical (unpaired) electrons. The Morgan fingerprint density at radius 1 is 1.25 bits per heavy atom. The molecule has 0 N–H and O–H groups in total. The van der Waals surface area contributed by atoms with Gasteiger partial charge in [0, 0.05) is 5.39 Å². The number of fused-ring (bicyclic) bond motifs is 1. The van der Waals surface area contributed by atoms with Crippen molar-refractivity contribution in [1.29, 1.82) is 0 Å². The van der Waals surface area contributed by atoms with E-state index in [9.17, 15) is 0 Å². The smallest absolute Gasteiger partial charge is 0.135 e. The Balaban J connectivity index is 2.99. The van der Waals surface area contributed by atoms with Gasteiger partial charge in [0.15, 0.2) is 0 Å². The predicted octanol–water partition coefficient (Wildman–Crippen LogP) is 3.47. The summed E-state index contributed by atoms with van der Waals surface area (Å²) in [5.41, 5.74) is 0.863. The van der Waals surface area contributed by atoms with Gasteiger partial charge in [0.05, 0.1) is 4.51 Å². The summed E-state index contributed by atoms with van der Waals surface area (Å²) in [7, 11) is 0. The highest BCUT2D eigenvalue weighted by Crippen LogP contribution is 2.16. The maximum Gasteiger partial charge on any atom is 0.135 e. The molecule has 0 bridgehead atoms. The molecule has 60 valence electrons. The summed E-state index contributed by atoms with van der Waals surface area (Å²) in [6.45, 7) is 1.90. The van der Waals surface area contributed by atoms with E-state index in [0.717, 1.165) is 21.2 Å². The van der Waals surface area contributed by atoms with E-state index < -0.39 is 0 Å². The van der Waals surface area contributed by atoms with Crippen LogP contribution in [0.2, 0.25) is 0 Å². The minimum Gasteiger partial charge on any atom is -0.461 e. The van der Waals surface area contributed by atoms with Crippen molar-refractivity contribution < 1.29 is 4.42 Å². The number of hydrogen-bond donors (Lipinski definition) is 0. The van der Waals surface area contributed by atoms with Crippen LogP contribution in [0.4, 0.5) is 0 Å². The molecule has 0 spiro atoms. The molecule has 2 aromatic rings. The van der Waals surface area contributed by atoms with Gasteiger partial charge in [-0.15, -0.1) is 0 Å². The van der Waals surface area contributed by atoms with Crippen LogP contribution in [0.3, 0.4) is 0 Å². The van der Waals surface area contributed by atoms with Gasteiger partial charge in [0.1, 0.15) is 11.3 Å². The third-order valence-electron chi connectivity index (χ3n) is 1.76. The molecule has 1 aromatic carbocycles. The Hall–Kier alpha value is -1.15. The van der Waals surface area contributed by atoms with Gasteiger partial charge < -0.3 is 4.42 Å². The molecule has 2 rings (SSSR count). The number of para-hydroxylation sites is 1. The van der Waals surface area contributed by atoms with Crippen molar-refractivity contribution in [3.8, 4) is 0 Å². The third kappa shape index (κ3) is 1.14. The van der Waals surface area contributed by atoms with Crippen LogP contribution in [0.25, 0.3) is 11.0 Å². The molecule has 0 atom stereocenters. The summed E-state index contributed by atoms with van der Waals surface area (Å²) in [6.07, 6.45) is 0. The van der Waals surface area contributed by atoms with Crippen molar-refractivity contribution in [1.82, 2.24) is 0 Å². The Labute approximate surface area is 75.6 Å². The summed E-state index contributed by atoms with van der Waals surface area (Å²) < 4.78 is 6.33. The number of hydrogen-bond acceptors (Lipinski definition) is 2. The van der Waals surface area contributed by atoms with Gasteiger partial charge >= 0.3 is 0 Å². The standard InChI is InChI=1S/C10H8OS/c1-7-6-10(12)8-4-2-3-5-9(8)11-7/h2-6H,1H3. The first kappa shape index (κ1) is 7.50. The lowest BCUT2D eigenvalue weighted by Crippen LogP contribution is -1.76. The van der Waals surface area contributed by atoms with Crippen LogP contribution >= 0.6 is 12.2 Å². The molecule has 1 heterocycles. The molecule has 0 amide bonds. The fourth-order valence-corrected chi connectivity index (χ4v) is 1.56. The van der Waals surface area contributed by atoms with Crippen LogP contribution in [0.1, 0.15) is 5.76 Å². The van der Waals surface area contributed by atoms with E-state index in [4.69, 9.17) is 16.6 Å². The summed E-state index contributed by atoms with van der Waals surface area (Å²) in [6, 6.07) is 9.68. The molecule has 0 saturated heterocycles. The second-order valence-electron chi connectivity index (χ2n) is 2.72. The highest BCUT2D eigenvalue weighted by Gasteiger charge is 1.96. The Kier molecular flexibility index (Phi) is 1.70. The molecule has 1 nitrogen and oxygen atoms in total. The lowest BCUT2D eigenvalue weighted by atomic mass is 10.2. The van der Waals surface area contributed by atoms with Crippen molar-refractivity contribution in [3.05, 3.63) is 40.6 Å². The average Bonchev–Trinajstić information content (AvgIpc) is 2.04. The predicted molar refractivity (Wildman–Crippen MR) is 51.8 cm³/mol. The van der Waals surface area contributed by atoms with E-state index in [1.165, 1.54) is 0 Å². The first-order valence-electron chi connectivity index (χ1n) is 3.77. The van der Waals surface area contributed by atoms with E-state index in [0.29, 0.717) is 0 Å². The topological polar surface area (TPSA) is 13.1 Å². The fourth-order valence-electron chi connectivity index (χ4n) is 1.22. The molecular formula is C10H8OS. The number of aryl methyl sites for hydroxylation is 1. The second kappa shape index (κ2) is 2.72. The maximum atomic E-state index is 5.48. The van der Waals surface area contributed by atoms with Crippen LogP contribution in [-0.2, 0) is 0 Å². The normalized spacial score (nSPS) is 10.4. The van der Waals surface area contributed by atoms with Crippen LogP contribution in [0.5, 0.6) is 0 Å². The van der Waals surface area contributed by atoms with Crippen LogP contribution in [0.15, 0.2) is 34.7 Å². The number of rotatable bonds is 0. The average molecular weight is 176 g/mol. The molecule has 0 saturated carbocycles. The van der Waals surface area contributed by atoms with Crippen molar-refractivity contribution in [2.75, 3.05) is 0 Å². The van der Waals surface area contributed by atoms with Gasteiger partial charge in [-0.25, -0.2) is 0 Å². The monoisotopic (exact) mass is 176 g/mol. The quantitative estimate of drug-likeness (QED) is 0.570. The summed E-state index contributed by atoms with van der Waals surface area (Å²) in [5.74, 6) is 0.860. The van der Waals surface area contributed by atoms with E-state index in [1.807, 2.05) is 37.3 Å². The second-order valence-corrected chi connectivity index (χ2v) is 3.16. The van der Waals surface area contributed by atoms with Crippen molar-refractivity contribution in [3.63, 3.8) is 0 Å². The van der Waals surface area contributed by atoms with Crippen LogP contribution in [-0.4, -0.2) is 0 Å². The lowest BCUT2D eigenvalue weighted by molar-refractivity contribution is 0.565. The SMILES string of the molecule is Cc1cc(=S)c2ccccc2o1. The van der Waals surface area contributed by atoms with E-state index >= 15 is 0 Å². The zero-order valence-corrected chi connectivity index (χ0v) is 7.52. The van der Waals surface area contributed by atoms with Gasteiger partial charge in [-0.05, 0) is 25.1 Å². The minimum atomic E-state index is 0.856. The highest BCUT2D eigenvalue weighted by atomic mass is 32.1. The molecule has 1 aromatic heterocycles. The van der Waals surface area contributed by atoms with Gasteiger partial charge in [-0.1, -0.05) is 24.4 Å². The lowest BCUT2D eigenvalue weighted by Gasteiger charge is -1.97. The first-order chi connectivity index (χ1) is 5.77. The zero-order valence-electron chi connectivity index (χ0n) is 6.70. The van der Waals surface area contributed by atoms with E-state index in [1.54, 1.807) is 0 Å². The van der Waals surface area contributed by atoms with Crippen molar-refractivity contribution >= 4 is 23.2 Å². The van der Waals surface area contributed by atoms with Crippen LogP contribution in [0, 0.1) is 11.4 Å². The van der Waals surface area contributed by atoms with Crippen molar-refractivity contribution in [2.45, 2.75) is 6.92 Å². The van der Waals surface area contributed by atoms with E-state index in [2.05, 4.69) is 0 Å². The third-order valence-corrected chi connectivity index (χ3v) is 2.10. The van der Waals surface area contributed by atoms with Gasteiger partial charge in [0.2, 0.25) is 0 Å². The Bertz CT molecular complexity index is 470. The molecule has 0 unspecified atom stereocenters. The molecule has 0 aliphatic heterocycles. The summed E-state index contributed by atoms with van der Waals surface area (Å²) >= 11 is 5.18. The van der Waals surface area contributed by atoms with Crippen molar-refractivity contribution in [2.24, 2.45) is 0 Å². The summed E-state index contributed by atoms with van der Waals surface area (Å²) in [4.78, 5) is 0. The first-order valence-corrected chi connectivity index (χ1v) is 4.18. The maximum absolute atomic E-state index is 5.48. The van der Waals surface area contributed by atoms with Gasteiger partial charge in [-0.2, -0.15) is 0 Å². The highest BCUT2D eigenvalue weighted by molar-refractivity contribution is 7.71. The Morgan fingerprint density at radius 3 is 2.83 bits per heavy atom. The van der Waals surface area contributed by atoms with Gasteiger partial charge in [-0.3, -0.25) is 0 Å². The number of benzene rings is 1. The Morgan fingerprint density at radius 2 is 2.00 bits per heavy atom. The summed E-state index contributed by atoms with van der Waals surface area (Å²) in [5, 5.41) is 1.01. The fraction of sp³-hybridized carbons (Fsp3) is 0.100. The van der Waals surface area contributed by atoms with Gasteiger partial charge in [0.25, 0.3) is 0 Å². The molecule has 0 fully saturated rings.